The Morgan fingerprint density at radius 3 is 2.67 bits per heavy atom. The Morgan fingerprint density at radius 1 is 1.03 bits per heavy atom. The van der Waals surface area contributed by atoms with Crippen LogP contribution in [-0.4, -0.2) is 30.6 Å². The molecule has 0 bridgehead atoms. The van der Waals surface area contributed by atoms with Gasteiger partial charge < -0.3 is 15.0 Å². The molecule has 3 aromatic rings. The van der Waals surface area contributed by atoms with Crippen LogP contribution >= 0.6 is 0 Å². The number of hydrogen-bond donors (Lipinski definition) is 1. The van der Waals surface area contributed by atoms with Crippen molar-refractivity contribution in [2.24, 2.45) is 0 Å². The van der Waals surface area contributed by atoms with Crippen molar-refractivity contribution >= 4 is 11.7 Å². The minimum Gasteiger partial charge on any atom is -0.493 e. The van der Waals surface area contributed by atoms with Gasteiger partial charge in [0.1, 0.15) is 11.6 Å². The van der Waals surface area contributed by atoms with Crippen molar-refractivity contribution in [1.29, 1.82) is 0 Å². The van der Waals surface area contributed by atoms with E-state index in [0.717, 1.165) is 56.1 Å². The van der Waals surface area contributed by atoms with Crippen LogP contribution in [0.25, 0.3) is 11.1 Å². The lowest BCUT2D eigenvalue weighted by atomic mass is 10.0. The van der Waals surface area contributed by atoms with Crippen molar-refractivity contribution in [3.8, 4) is 16.9 Å². The minimum atomic E-state index is -0.0762. The molecule has 2 aromatic carbocycles. The molecule has 2 aliphatic rings. The summed E-state index contributed by atoms with van der Waals surface area (Å²) in [7, 11) is 0. The van der Waals surface area contributed by atoms with Crippen molar-refractivity contribution in [2.45, 2.75) is 25.8 Å². The van der Waals surface area contributed by atoms with Crippen LogP contribution in [0.1, 0.15) is 34.3 Å². The normalized spacial score (nSPS) is 15.0. The van der Waals surface area contributed by atoms with Gasteiger partial charge in [0.05, 0.1) is 12.2 Å². The lowest BCUT2D eigenvalue weighted by molar-refractivity contribution is 0.0951. The van der Waals surface area contributed by atoms with E-state index in [1.54, 1.807) is 6.20 Å². The molecule has 3 heterocycles. The largest absolute Gasteiger partial charge is 0.493 e. The van der Waals surface area contributed by atoms with Crippen molar-refractivity contribution in [2.75, 3.05) is 24.6 Å². The second-order valence-corrected chi connectivity index (χ2v) is 7.87. The molecule has 152 valence electrons. The predicted molar refractivity (Wildman–Crippen MR) is 118 cm³/mol. The second-order valence-electron chi connectivity index (χ2n) is 7.87. The first-order valence-electron chi connectivity index (χ1n) is 10.6. The number of ether oxygens (including phenoxy) is 1. The van der Waals surface area contributed by atoms with Crippen molar-refractivity contribution in [1.82, 2.24) is 10.3 Å². The Hall–Kier alpha value is -3.34. The van der Waals surface area contributed by atoms with Gasteiger partial charge in [-0.1, -0.05) is 30.3 Å². The number of carbonyl (C=O) groups excluding carboxylic acids is 1. The molecule has 0 atom stereocenters. The third-order valence-electron chi connectivity index (χ3n) is 5.87. The monoisotopic (exact) mass is 399 g/mol. The lowest BCUT2D eigenvalue weighted by Gasteiger charge is -2.19. The summed E-state index contributed by atoms with van der Waals surface area (Å²) in [6.45, 7) is 3.19. The second kappa shape index (κ2) is 8.19. The highest BCUT2D eigenvalue weighted by molar-refractivity contribution is 5.98. The van der Waals surface area contributed by atoms with Gasteiger partial charge in [-0.15, -0.1) is 0 Å². The number of anilines is 1. The average molecular weight is 399 g/mol. The van der Waals surface area contributed by atoms with E-state index >= 15 is 0 Å². The topological polar surface area (TPSA) is 54.5 Å². The fourth-order valence-electron chi connectivity index (χ4n) is 4.21. The number of rotatable bonds is 5. The summed E-state index contributed by atoms with van der Waals surface area (Å²) in [5.74, 6) is 1.72. The van der Waals surface area contributed by atoms with Gasteiger partial charge in [-0.05, 0) is 59.4 Å². The molecule has 2 aliphatic heterocycles. The van der Waals surface area contributed by atoms with Gasteiger partial charge in [0.2, 0.25) is 0 Å². The van der Waals surface area contributed by atoms with Crippen LogP contribution in [0.4, 0.5) is 5.82 Å². The van der Waals surface area contributed by atoms with E-state index in [1.807, 2.05) is 12.1 Å². The van der Waals surface area contributed by atoms with E-state index in [9.17, 15) is 4.79 Å². The number of nitrogens with zero attached hydrogens (tertiary/aromatic N) is 2. The maximum absolute atomic E-state index is 12.8. The van der Waals surface area contributed by atoms with Crippen LogP contribution < -0.4 is 15.0 Å². The molecule has 0 aliphatic carbocycles. The van der Waals surface area contributed by atoms with E-state index in [4.69, 9.17) is 4.74 Å². The van der Waals surface area contributed by atoms with Gasteiger partial charge in [0, 0.05) is 32.3 Å². The van der Waals surface area contributed by atoms with Gasteiger partial charge in [-0.3, -0.25) is 4.79 Å². The zero-order valence-corrected chi connectivity index (χ0v) is 16.9. The van der Waals surface area contributed by atoms with Crippen molar-refractivity contribution in [3.05, 3.63) is 77.5 Å². The quantitative estimate of drug-likeness (QED) is 0.698. The standard InChI is InChI=1S/C25H25N3O2/c29-25(22-4-3-12-26-24(22)28-13-1-2-14-28)27-17-18-5-7-19(8-6-18)20-9-10-23-21(16-20)11-15-30-23/h3-10,12,16H,1-2,11,13-15,17H2,(H,27,29). The van der Waals surface area contributed by atoms with Gasteiger partial charge >= 0.3 is 0 Å². The fraction of sp³-hybridized carbons (Fsp3) is 0.280. The SMILES string of the molecule is O=C(NCc1ccc(-c2ccc3c(c2)CCO3)cc1)c1cccnc1N1CCCC1. The van der Waals surface area contributed by atoms with Gasteiger partial charge in [-0.25, -0.2) is 4.98 Å². The number of carbonyl (C=O) groups is 1. The number of aromatic nitrogens is 1. The van der Waals surface area contributed by atoms with Crippen LogP contribution in [0.5, 0.6) is 5.75 Å². The smallest absolute Gasteiger partial charge is 0.255 e. The minimum absolute atomic E-state index is 0.0762. The summed E-state index contributed by atoms with van der Waals surface area (Å²) >= 11 is 0. The molecule has 30 heavy (non-hydrogen) atoms. The zero-order valence-electron chi connectivity index (χ0n) is 16.9. The summed E-state index contributed by atoms with van der Waals surface area (Å²) in [4.78, 5) is 19.5. The first-order valence-corrected chi connectivity index (χ1v) is 10.6. The summed E-state index contributed by atoms with van der Waals surface area (Å²) in [6, 6.07) is 18.4. The van der Waals surface area contributed by atoms with Gasteiger partial charge in [-0.2, -0.15) is 0 Å². The molecule has 1 fully saturated rings. The Balaban J connectivity index is 1.26. The summed E-state index contributed by atoms with van der Waals surface area (Å²) in [5.41, 5.74) is 5.36. The number of fused-ring (bicyclic) bond motifs is 1. The highest BCUT2D eigenvalue weighted by Crippen LogP contribution is 2.30. The highest BCUT2D eigenvalue weighted by atomic mass is 16.5. The molecule has 5 heteroatoms. The van der Waals surface area contributed by atoms with E-state index in [2.05, 4.69) is 57.7 Å². The van der Waals surface area contributed by atoms with Crippen LogP contribution in [0.3, 0.4) is 0 Å². The van der Waals surface area contributed by atoms with E-state index in [0.29, 0.717) is 12.1 Å². The molecule has 0 spiro atoms. The molecular formula is C25H25N3O2. The van der Waals surface area contributed by atoms with Gasteiger partial charge in [0.25, 0.3) is 5.91 Å². The van der Waals surface area contributed by atoms with Crippen molar-refractivity contribution in [3.63, 3.8) is 0 Å². The number of amides is 1. The Bertz CT molecular complexity index is 1060. The fourth-order valence-corrected chi connectivity index (χ4v) is 4.21. The Kier molecular flexibility index (Phi) is 5.10. The number of pyridine rings is 1. The van der Waals surface area contributed by atoms with E-state index < -0.39 is 0 Å². The molecule has 5 rings (SSSR count). The van der Waals surface area contributed by atoms with Crippen LogP contribution in [0.15, 0.2) is 60.8 Å². The predicted octanol–water partition coefficient (Wildman–Crippen LogP) is 4.21. The summed E-state index contributed by atoms with van der Waals surface area (Å²) in [5, 5.41) is 3.05. The molecule has 1 amide bonds. The van der Waals surface area contributed by atoms with Crippen LogP contribution in [-0.2, 0) is 13.0 Å². The molecule has 5 nitrogen and oxygen atoms in total. The number of hydrogen-bond acceptors (Lipinski definition) is 4. The molecule has 1 N–H and O–H groups in total. The molecule has 1 aromatic heterocycles. The summed E-state index contributed by atoms with van der Waals surface area (Å²) in [6.07, 6.45) is 5.04. The summed E-state index contributed by atoms with van der Waals surface area (Å²) < 4.78 is 5.59. The average Bonchev–Trinajstić information content (AvgIpc) is 3.49. The number of nitrogens with one attached hydrogen (secondary N) is 1. The Labute approximate surface area is 176 Å². The van der Waals surface area contributed by atoms with Gasteiger partial charge in [0.15, 0.2) is 0 Å². The maximum atomic E-state index is 12.8. The molecule has 1 saturated heterocycles. The lowest BCUT2D eigenvalue weighted by Crippen LogP contribution is -2.27. The highest BCUT2D eigenvalue weighted by Gasteiger charge is 2.20. The molecule has 0 unspecified atom stereocenters. The van der Waals surface area contributed by atoms with E-state index in [1.165, 1.54) is 16.7 Å². The number of benzene rings is 2. The molecule has 0 saturated carbocycles. The third kappa shape index (κ3) is 3.75. The van der Waals surface area contributed by atoms with Crippen molar-refractivity contribution < 1.29 is 9.53 Å². The van der Waals surface area contributed by atoms with Crippen LogP contribution in [0.2, 0.25) is 0 Å². The molecular weight excluding hydrogens is 374 g/mol. The van der Waals surface area contributed by atoms with E-state index in [-0.39, 0.29) is 5.91 Å². The first-order chi connectivity index (χ1) is 14.8. The molecule has 0 radical (unpaired) electrons. The Morgan fingerprint density at radius 2 is 1.83 bits per heavy atom. The third-order valence-corrected chi connectivity index (χ3v) is 5.87. The zero-order chi connectivity index (χ0) is 20.3. The first kappa shape index (κ1) is 18.7. The maximum Gasteiger partial charge on any atom is 0.255 e. The van der Waals surface area contributed by atoms with Crippen LogP contribution in [0, 0.1) is 0 Å².